The molecule has 8 heteroatoms. The smallest absolute Gasteiger partial charge is 0.153 e. The summed E-state index contributed by atoms with van der Waals surface area (Å²) < 4.78 is 31.0. The van der Waals surface area contributed by atoms with E-state index < -0.39 is 9.84 Å². The van der Waals surface area contributed by atoms with Gasteiger partial charge in [-0.1, -0.05) is 0 Å². The van der Waals surface area contributed by atoms with Crippen LogP contribution in [-0.2, 0) is 23.4 Å². The van der Waals surface area contributed by atoms with E-state index in [1.165, 1.54) is 0 Å². The third kappa shape index (κ3) is 3.70. The summed E-state index contributed by atoms with van der Waals surface area (Å²) in [6.45, 7) is 1.06. The number of aromatic nitrogens is 3. The Kier molecular flexibility index (Phi) is 4.36. The van der Waals surface area contributed by atoms with Crippen LogP contribution < -0.4 is 4.74 Å². The lowest BCUT2D eigenvalue weighted by Crippen LogP contribution is -2.42. The van der Waals surface area contributed by atoms with Crippen molar-refractivity contribution < 1.29 is 13.2 Å². The van der Waals surface area contributed by atoms with E-state index in [2.05, 4.69) is 15.0 Å². The van der Waals surface area contributed by atoms with E-state index in [0.29, 0.717) is 13.1 Å². The number of rotatable bonds is 4. The van der Waals surface area contributed by atoms with Gasteiger partial charge in [0.05, 0.1) is 36.5 Å². The van der Waals surface area contributed by atoms with Crippen LogP contribution in [0.4, 0.5) is 0 Å². The van der Waals surface area contributed by atoms with Gasteiger partial charge in [-0.3, -0.25) is 14.6 Å². The van der Waals surface area contributed by atoms with Gasteiger partial charge in [0.15, 0.2) is 9.84 Å². The third-order valence-electron chi connectivity index (χ3n) is 4.04. The molecule has 0 radical (unpaired) electrons. The van der Waals surface area contributed by atoms with Crippen molar-refractivity contribution in [2.24, 2.45) is 7.05 Å². The molecule has 1 aliphatic heterocycles. The Morgan fingerprint density at radius 2 is 2.26 bits per heavy atom. The minimum Gasteiger partial charge on any atom is -0.497 e. The summed E-state index contributed by atoms with van der Waals surface area (Å²) in [6.07, 6.45) is 5.31. The van der Waals surface area contributed by atoms with Gasteiger partial charge < -0.3 is 4.74 Å². The number of hydrogen-bond donors (Lipinski definition) is 0. The average molecular weight is 336 g/mol. The van der Waals surface area contributed by atoms with E-state index in [0.717, 1.165) is 17.0 Å². The van der Waals surface area contributed by atoms with Crippen molar-refractivity contribution in [3.63, 3.8) is 0 Å². The topological polar surface area (TPSA) is 77.3 Å². The second-order valence-corrected chi connectivity index (χ2v) is 7.96. The zero-order valence-corrected chi connectivity index (χ0v) is 14.0. The molecule has 0 spiro atoms. The monoisotopic (exact) mass is 336 g/mol. The molecule has 1 aliphatic rings. The van der Waals surface area contributed by atoms with Gasteiger partial charge in [0.25, 0.3) is 0 Å². The fourth-order valence-corrected chi connectivity index (χ4v) is 4.39. The third-order valence-corrected chi connectivity index (χ3v) is 5.67. The van der Waals surface area contributed by atoms with E-state index in [9.17, 15) is 8.42 Å². The van der Waals surface area contributed by atoms with E-state index in [1.807, 2.05) is 19.3 Å². The number of nitrogens with zero attached hydrogens (tertiary/aromatic N) is 4. The summed E-state index contributed by atoms with van der Waals surface area (Å²) in [5.41, 5.74) is 1.77. The first-order chi connectivity index (χ1) is 11.0. The Hall–Kier alpha value is -1.93. The van der Waals surface area contributed by atoms with Crippen LogP contribution in [0.3, 0.4) is 0 Å². The molecule has 0 unspecified atom stereocenters. The zero-order chi connectivity index (χ0) is 16.4. The van der Waals surface area contributed by atoms with Crippen molar-refractivity contribution in [1.82, 2.24) is 19.7 Å². The maximum absolute atomic E-state index is 12.1. The SMILES string of the molecule is COc1ccnc(CN2CCS(=O)(=O)C[C@H]2c2cnn(C)c2)c1. The number of sulfone groups is 1. The highest BCUT2D eigenvalue weighted by molar-refractivity contribution is 7.91. The number of hydrogen-bond acceptors (Lipinski definition) is 6. The van der Waals surface area contributed by atoms with Gasteiger partial charge in [0.1, 0.15) is 5.75 Å². The summed E-state index contributed by atoms with van der Waals surface area (Å²) in [5, 5.41) is 4.17. The first-order valence-electron chi connectivity index (χ1n) is 7.39. The molecule has 0 saturated carbocycles. The van der Waals surface area contributed by atoms with Crippen molar-refractivity contribution in [2.75, 3.05) is 25.2 Å². The number of aryl methyl sites for hydroxylation is 1. The standard InChI is InChI=1S/C15H20N4O3S/c1-18-9-12(8-17-18)15-11-23(20,21)6-5-19(15)10-13-7-14(22-2)3-4-16-13/h3-4,7-9,15H,5-6,10-11H2,1-2H3/t15-/m0/s1. The van der Waals surface area contributed by atoms with Gasteiger partial charge >= 0.3 is 0 Å². The second-order valence-electron chi connectivity index (χ2n) is 5.73. The molecule has 124 valence electrons. The first kappa shape index (κ1) is 15.9. The normalized spacial score (nSPS) is 21.2. The van der Waals surface area contributed by atoms with Crippen LogP contribution in [0.25, 0.3) is 0 Å². The molecule has 0 aromatic carbocycles. The lowest BCUT2D eigenvalue weighted by Gasteiger charge is -2.34. The van der Waals surface area contributed by atoms with Gasteiger partial charge in [0.2, 0.25) is 0 Å². The van der Waals surface area contributed by atoms with Crippen LogP contribution in [-0.4, -0.2) is 53.2 Å². The summed E-state index contributed by atoms with van der Waals surface area (Å²) in [4.78, 5) is 6.50. The summed E-state index contributed by atoms with van der Waals surface area (Å²) in [7, 11) is 0.412. The van der Waals surface area contributed by atoms with Gasteiger partial charge in [0, 0.05) is 44.2 Å². The van der Waals surface area contributed by atoms with Crippen LogP contribution in [0, 0.1) is 0 Å². The Balaban J connectivity index is 1.86. The zero-order valence-electron chi connectivity index (χ0n) is 13.2. The minimum absolute atomic E-state index is 0.114. The second kappa shape index (κ2) is 6.29. The summed E-state index contributed by atoms with van der Waals surface area (Å²) in [5.74, 6) is 1.04. The molecule has 3 rings (SSSR count). The van der Waals surface area contributed by atoms with Crippen molar-refractivity contribution in [3.05, 3.63) is 42.0 Å². The molecule has 0 aliphatic carbocycles. The van der Waals surface area contributed by atoms with E-state index in [1.54, 1.807) is 30.3 Å². The van der Waals surface area contributed by atoms with Crippen LogP contribution in [0.1, 0.15) is 17.3 Å². The van der Waals surface area contributed by atoms with Crippen LogP contribution >= 0.6 is 0 Å². The van der Waals surface area contributed by atoms with Crippen LogP contribution in [0.2, 0.25) is 0 Å². The molecule has 3 heterocycles. The maximum atomic E-state index is 12.1. The Morgan fingerprint density at radius 1 is 1.43 bits per heavy atom. The molecule has 1 fully saturated rings. The van der Waals surface area contributed by atoms with Gasteiger partial charge in [-0.25, -0.2) is 8.42 Å². The van der Waals surface area contributed by atoms with Crippen molar-refractivity contribution in [3.8, 4) is 5.75 Å². The molecule has 1 atom stereocenters. The van der Waals surface area contributed by atoms with E-state index in [4.69, 9.17) is 4.74 Å². The first-order valence-corrected chi connectivity index (χ1v) is 9.21. The molecule has 2 aromatic heterocycles. The van der Waals surface area contributed by atoms with Crippen LogP contribution in [0.15, 0.2) is 30.7 Å². The lowest BCUT2D eigenvalue weighted by atomic mass is 10.1. The van der Waals surface area contributed by atoms with E-state index in [-0.39, 0.29) is 17.5 Å². The largest absolute Gasteiger partial charge is 0.497 e. The molecule has 1 saturated heterocycles. The quantitative estimate of drug-likeness (QED) is 0.822. The number of ether oxygens (including phenoxy) is 1. The molecule has 0 amide bonds. The Labute approximate surface area is 135 Å². The average Bonchev–Trinajstić information content (AvgIpc) is 2.95. The predicted octanol–water partition coefficient (Wildman–Crippen LogP) is 0.795. The molecule has 23 heavy (non-hydrogen) atoms. The number of methoxy groups -OCH3 is 1. The number of pyridine rings is 1. The van der Waals surface area contributed by atoms with E-state index >= 15 is 0 Å². The maximum Gasteiger partial charge on any atom is 0.153 e. The molecule has 7 nitrogen and oxygen atoms in total. The highest BCUT2D eigenvalue weighted by Crippen LogP contribution is 2.28. The molecule has 2 aromatic rings. The molecule has 0 bridgehead atoms. The molecule has 0 N–H and O–H groups in total. The summed E-state index contributed by atoms with van der Waals surface area (Å²) in [6, 6.07) is 3.47. The van der Waals surface area contributed by atoms with Crippen molar-refractivity contribution in [1.29, 1.82) is 0 Å². The fourth-order valence-electron chi connectivity index (χ4n) is 2.83. The predicted molar refractivity (Wildman–Crippen MR) is 85.8 cm³/mol. The molecular weight excluding hydrogens is 316 g/mol. The Bertz CT molecular complexity index is 788. The highest BCUT2D eigenvalue weighted by atomic mass is 32.2. The van der Waals surface area contributed by atoms with Gasteiger partial charge in [-0.15, -0.1) is 0 Å². The van der Waals surface area contributed by atoms with Gasteiger partial charge in [-0.2, -0.15) is 5.10 Å². The van der Waals surface area contributed by atoms with Crippen molar-refractivity contribution >= 4 is 9.84 Å². The minimum atomic E-state index is -3.03. The fraction of sp³-hybridized carbons (Fsp3) is 0.467. The van der Waals surface area contributed by atoms with Gasteiger partial charge in [-0.05, 0) is 6.07 Å². The highest BCUT2D eigenvalue weighted by Gasteiger charge is 2.33. The van der Waals surface area contributed by atoms with Crippen LogP contribution in [0.5, 0.6) is 5.75 Å². The van der Waals surface area contributed by atoms with Crippen molar-refractivity contribution in [2.45, 2.75) is 12.6 Å². The Morgan fingerprint density at radius 3 is 2.96 bits per heavy atom. The lowest BCUT2D eigenvalue weighted by molar-refractivity contribution is 0.203. The summed E-state index contributed by atoms with van der Waals surface area (Å²) >= 11 is 0. The molecular formula is C15H20N4O3S.